The summed E-state index contributed by atoms with van der Waals surface area (Å²) in [7, 11) is 0. The van der Waals surface area contributed by atoms with Gasteiger partial charge in [0.15, 0.2) is 0 Å². The van der Waals surface area contributed by atoms with Crippen molar-refractivity contribution in [3.63, 3.8) is 0 Å². The molecule has 0 saturated carbocycles. The van der Waals surface area contributed by atoms with Gasteiger partial charge in [-0.25, -0.2) is 0 Å². The van der Waals surface area contributed by atoms with Gasteiger partial charge in [-0.1, -0.05) is 32.9 Å². The van der Waals surface area contributed by atoms with Crippen molar-refractivity contribution in [2.45, 2.75) is 51.2 Å². The number of hydrogen-bond acceptors (Lipinski definition) is 3. The van der Waals surface area contributed by atoms with Gasteiger partial charge in [-0.2, -0.15) is 0 Å². The van der Waals surface area contributed by atoms with Crippen LogP contribution in [-0.2, 0) is 10.2 Å². The summed E-state index contributed by atoms with van der Waals surface area (Å²) < 4.78 is 5.89. The van der Waals surface area contributed by atoms with E-state index in [9.17, 15) is 4.79 Å². The minimum Gasteiger partial charge on any atom is -0.373 e. The predicted octanol–water partition coefficient (Wildman–Crippen LogP) is 2.58. The van der Waals surface area contributed by atoms with Gasteiger partial charge >= 0.3 is 0 Å². The van der Waals surface area contributed by atoms with Gasteiger partial charge < -0.3 is 10.1 Å². The minimum atomic E-state index is -0.0161. The Hall–Kier alpha value is -1.39. The maximum atomic E-state index is 12.3. The third-order valence-corrected chi connectivity index (χ3v) is 4.96. The third kappa shape index (κ3) is 3.93. The van der Waals surface area contributed by atoms with E-state index in [1.807, 2.05) is 24.3 Å². The van der Waals surface area contributed by atoms with Gasteiger partial charge in [0.25, 0.3) is 5.91 Å². The van der Waals surface area contributed by atoms with Crippen molar-refractivity contribution in [2.24, 2.45) is 0 Å². The highest BCUT2D eigenvalue weighted by Gasteiger charge is 2.32. The molecule has 1 aromatic rings. The molecule has 126 valence electrons. The second-order valence-corrected chi connectivity index (χ2v) is 7.78. The van der Waals surface area contributed by atoms with Gasteiger partial charge in [0.2, 0.25) is 0 Å². The van der Waals surface area contributed by atoms with Crippen LogP contribution in [-0.4, -0.2) is 49.2 Å². The van der Waals surface area contributed by atoms with Gasteiger partial charge in [-0.15, -0.1) is 0 Å². The molecule has 0 spiro atoms. The standard InChI is InChI=1S/C19H28N2O2/c1-19(2,3)15-8-6-14(7-9-15)18(22)20-11-17-12-21-10-4-5-16(21)13-23-17/h6-9,16-17H,4-5,10-13H2,1-3H3,(H,20,22)/t16-,17+/m1/s1. The number of ether oxygens (including phenoxy) is 1. The molecular formula is C19H28N2O2. The molecule has 2 saturated heterocycles. The summed E-state index contributed by atoms with van der Waals surface area (Å²) >= 11 is 0. The monoisotopic (exact) mass is 316 g/mol. The Morgan fingerprint density at radius 2 is 2.04 bits per heavy atom. The molecule has 0 unspecified atom stereocenters. The summed E-state index contributed by atoms with van der Waals surface area (Å²) in [5, 5.41) is 3.02. The lowest BCUT2D eigenvalue weighted by molar-refractivity contribution is -0.0461. The molecule has 0 radical (unpaired) electrons. The van der Waals surface area contributed by atoms with Gasteiger partial charge in [-0.05, 0) is 42.5 Å². The van der Waals surface area contributed by atoms with Crippen molar-refractivity contribution in [3.05, 3.63) is 35.4 Å². The summed E-state index contributed by atoms with van der Waals surface area (Å²) in [6, 6.07) is 8.51. The summed E-state index contributed by atoms with van der Waals surface area (Å²) in [5.41, 5.74) is 2.06. The van der Waals surface area contributed by atoms with Crippen LogP contribution in [0.25, 0.3) is 0 Å². The molecule has 2 fully saturated rings. The number of fused-ring (bicyclic) bond motifs is 1. The molecular weight excluding hydrogens is 288 g/mol. The Kier molecular flexibility index (Phi) is 4.74. The number of carbonyl (C=O) groups is 1. The molecule has 0 bridgehead atoms. The lowest BCUT2D eigenvalue weighted by atomic mass is 9.87. The zero-order valence-electron chi connectivity index (χ0n) is 14.5. The van der Waals surface area contributed by atoms with Crippen LogP contribution in [0.5, 0.6) is 0 Å². The first-order valence-electron chi connectivity index (χ1n) is 8.68. The number of nitrogens with one attached hydrogen (secondary N) is 1. The molecule has 0 aromatic heterocycles. The minimum absolute atomic E-state index is 0.0161. The highest BCUT2D eigenvalue weighted by molar-refractivity contribution is 5.94. The zero-order chi connectivity index (χ0) is 16.4. The number of hydrogen-bond donors (Lipinski definition) is 1. The molecule has 4 nitrogen and oxygen atoms in total. The Labute approximate surface area is 139 Å². The summed E-state index contributed by atoms with van der Waals surface area (Å²) in [6.45, 7) is 10.0. The number of nitrogens with zero attached hydrogens (tertiary/aromatic N) is 1. The fourth-order valence-corrected chi connectivity index (χ4v) is 3.44. The van der Waals surface area contributed by atoms with Gasteiger partial charge in [-0.3, -0.25) is 9.69 Å². The van der Waals surface area contributed by atoms with E-state index in [2.05, 4.69) is 31.0 Å². The first-order valence-corrected chi connectivity index (χ1v) is 8.68. The molecule has 3 rings (SSSR count). The summed E-state index contributed by atoms with van der Waals surface area (Å²) in [5.74, 6) is -0.0161. The van der Waals surface area contributed by atoms with Crippen molar-refractivity contribution < 1.29 is 9.53 Å². The van der Waals surface area contributed by atoms with E-state index >= 15 is 0 Å². The van der Waals surface area contributed by atoms with E-state index < -0.39 is 0 Å². The van der Waals surface area contributed by atoms with Gasteiger partial charge in [0.1, 0.15) is 0 Å². The van der Waals surface area contributed by atoms with Crippen LogP contribution in [0.4, 0.5) is 0 Å². The topological polar surface area (TPSA) is 41.6 Å². The Morgan fingerprint density at radius 3 is 2.74 bits per heavy atom. The summed E-state index contributed by atoms with van der Waals surface area (Å²) in [6.07, 6.45) is 2.63. The fourth-order valence-electron chi connectivity index (χ4n) is 3.44. The average molecular weight is 316 g/mol. The first-order chi connectivity index (χ1) is 10.9. The predicted molar refractivity (Wildman–Crippen MR) is 91.8 cm³/mol. The first kappa shape index (κ1) is 16.5. The molecule has 2 atom stereocenters. The Morgan fingerprint density at radius 1 is 1.30 bits per heavy atom. The van der Waals surface area contributed by atoms with Crippen LogP contribution in [0.15, 0.2) is 24.3 Å². The van der Waals surface area contributed by atoms with E-state index in [1.54, 1.807) is 0 Å². The SMILES string of the molecule is CC(C)(C)c1ccc(C(=O)NC[C@H]2CN3CCC[C@@H]3CO2)cc1. The molecule has 2 heterocycles. The average Bonchev–Trinajstić information content (AvgIpc) is 2.99. The van der Waals surface area contributed by atoms with E-state index in [-0.39, 0.29) is 17.4 Å². The lowest BCUT2D eigenvalue weighted by Crippen LogP contribution is -2.50. The van der Waals surface area contributed by atoms with Crippen molar-refractivity contribution in [1.82, 2.24) is 10.2 Å². The Bertz CT molecular complexity index is 547. The third-order valence-electron chi connectivity index (χ3n) is 4.96. The van der Waals surface area contributed by atoms with Crippen LogP contribution in [0.2, 0.25) is 0 Å². The molecule has 23 heavy (non-hydrogen) atoms. The van der Waals surface area contributed by atoms with Crippen LogP contribution < -0.4 is 5.32 Å². The van der Waals surface area contributed by atoms with E-state index in [0.29, 0.717) is 18.2 Å². The highest BCUT2D eigenvalue weighted by Crippen LogP contribution is 2.23. The molecule has 2 aliphatic heterocycles. The van der Waals surface area contributed by atoms with E-state index in [4.69, 9.17) is 4.74 Å². The number of amides is 1. The zero-order valence-corrected chi connectivity index (χ0v) is 14.5. The Balaban J connectivity index is 1.51. The number of benzene rings is 1. The summed E-state index contributed by atoms with van der Waals surface area (Å²) in [4.78, 5) is 14.8. The van der Waals surface area contributed by atoms with Crippen molar-refractivity contribution in [1.29, 1.82) is 0 Å². The molecule has 0 aliphatic carbocycles. The van der Waals surface area contributed by atoms with Crippen molar-refractivity contribution in [2.75, 3.05) is 26.2 Å². The number of carbonyl (C=O) groups excluding carboxylic acids is 1. The largest absolute Gasteiger partial charge is 0.373 e. The van der Waals surface area contributed by atoms with Crippen molar-refractivity contribution in [3.8, 4) is 0 Å². The second kappa shape index (κ2) is 6.62. The smallest absolute Gasteiger partial charge is 0.251 e. The normalized spacial score (nSPS) is 25.2. The van der Waals surface area contributed by atoms with Crippen LogP contribution in [0, 0.1) is 0 Å². The quantitative estimate of drug-likeness (QED) is 0.932. The fraction of sp³-hybridized carbons (Fsp3) is 0.632. The van der Waals surface area contributed by atoms with Crippen molar-refractivity contribution >= 4 is 5.91 Å². The maximum absolute atomic E-state index is 12.3. The van der Waals surface area contributed by atoms with Crippen LogP contribution in [0.3, 0.4) is 0 Å². The lowest BCUT2D eigenvalue weighted by Gasteiger charge is -2.35. The van der Waals surface area contributed by atoms with Gasteiger partial charge in [0.05, 0.1) is 12.7 Å². The molecule has 1 aromatic carbocycles. The second-order valence-electron chi connectivity index (χ2n) is 7.78. The molecule has 2 aliphatic rings. The van der Waals surface area contributed by atoms with E-state index in [1.165, 1.54) is 24.9 Å². The number of morpholine rings is 1. The number of rotatable bonds is 3. The van der Waals surface area contributed by atoms with Crippen LogP contribution in [0.1, 0.15) is 49.5 Å². The molecule has 1 N–H and O–H groups in total. The van der Waals surface area contributed by atoms with E-state index in [0.717, 1.165) is 13.2 Å². The molecule has 4 heteroatoms. The highest BCUT2D eigenvalue weighted by atomic mass is 16.5. The maximum Gasteiger partial charge on any atom is 0.251 e. The van der Waals surface area contributed by atoms with Gasteiger partial charge in [0, 0.05) is 24.7 Å². The van der Waals surface area contributed by atoms with Crippen LogP contribution >= 0.6 is 0 Å². The molecule has 1 amide bonds.